The van der Waals surface area contributed by atoms with Gasteiger partial charge in [-0.15, -0.1) is 10.2 Å². The molecule has 2 aromatic carbocycles. The van der Waals surface area contributed by atoms with Crippen LogP contribution in [0.25, 0.3) is 11.4 Å². The summed E-state index contributed by atoms with van der Waals surface area (Å²) in [4.78, 5) is 12.1. The van der Waals surface area contributed by atoms with Gasteiger partial charge in [0.1, 0.15) is 5.82 Å². The van der Waals surface area contributed by atoms with Gasteiger partial charge in [0.25, 0.3) is 0 Å². The van der Waals surface area contributed by atoms with E-state index in [1.807, 2.05) is 18.2 Å². The molecule has 2 heterocycles. The van der Waals surface area contributed by atoms with Crippen molar-refractivity contribution in [2.45, 2.75) is 11.7 Å². The number of aromatic nitrogens is 3. The minimum absolute atomic E-state index is 0.114. The number of nitrogen functional groups attached to an aromatic ring is 1. The van der Waals surface area contributed by atoms with Gasteiger partial charge in [-0.2, -0.15) is 0 Å². The van der Waals surface area contributed by atoms with Crippen molar-refractivity contribution in [1.82, 2.24) is 20.2 Å². The fraction of sp³-hybridized carbons (Fsp3) is 0.167. The van der Waals surface area contributed by atoms with Gasteiger partial charge >= 0.3 is 0 Å². The fourth-order valence-electron chi connectivity index (χ4n) is 2.63. The molecule has 28 heavy (non-hydrogen) atoms. The average Bonchev–Trinajstić information content (AvgIpc) is 3.30. The number of benzene rings is 2. The first-order valence-electron chi connectivity index (χ1n) is 8.34. The van der Waals surface area contributed by atoms with Crippen LogP contribution < -0.4 is 20.6 Å². The molecule has 0 fully saturated rings. The van der Waals surface area contributed by atoms with Gasteiger partial charge in [0.05, 0.1) is 5.75 Å². The van der Waals surface area contributed by atoms with Gasteiger partial charge in [-0.3, -0.25) is 4.79 Å². The highest BCUT2D eigenvalue weighted by Crippen LogP contribution is 2.32. The number of thioether (sulfide) groups is 1. The molecule has 8 nitrogen and oxygen atoms in total. The van der Waals surface area contributed by atoms with Gasteiger partial charge in [-0.05, 0) is 29.8 Å². The molecule has 1 aliphatic rings. The number of nitrogens with two attached hydrogens (primary N) is 1. The van der Waals surface area contributed by atoms with Crippen LogP contribution in [0.3, 0.4) is 0 Å². The number of hydrogen-bond donors (Lipinski definition) is 2. The second kappa shape index (κ2) is 7.77. The number of fused-ring (bicyclic) bond motifs is 1. The topological polar surface area (TPSA) is 104 Å². The first-order valence-corrected chi connectivity index (χ1v) is 9.33. The Balaban J connectivity index is 1.32. The molecule has 0 bridgehead atoms. The third-order valence-electron chi connectivity index (χ3n) is 4.01. The summed E-state index contributed by atoms with van der Waals surface area (Å²) >= 11 is 1.14. The Bertz CT molecular complexity index is 1030. The summed E-state index contributed by atoms with van der Waals surface area (Å²) in [7, 11) is 0. The summed E-state index contributed by atoms with van der Waals surface area (Å²) in [6.45, 7) is 0.569. The number of carbonyl (C=O) groups is 1. The lowest BCUT2D eigenvalue weighted by Gasteiger charge is -2.06. The molecule has 1 amide bonds. The molecule has 144 valence electrons. The molecule has 0 radical (unpaired) electrons. The molecule has 4 rings (SSSR count). The van der Waals surface area contributed by atoms with Gasteiger partial charge in [0.2, 0.25) is 17.9 Å². The molecular formula is C18H16FN5O3S. The predicted molar refractivity (Wildman–Crippen MR) is 101 cm³/mol. The van der Waals surface area contributed by atoms with Gasteiger partial charge < -0.3 is 20.6 Å². The van der Waals surface area contributed by atoms with E-state index in [-0.39, 0.29) is 18.5 Å². The van der Waals surface area contributed by atoms with Gasteiger partial charge in [-0.1, -0.05) is 30.0 Å². The van der Waals surface area contributed by atoms with Crippen molar-refractivity contribution in [1.29, 1.82) is 0 Å². The van der Waals surface area contributed by atoms with E-state index in [1.165, 1.54) is 16.8 Å². The SMILES string of the molecule is Nn1c(SCC(=O)NCc2ccc3c(c2)OCO3)nnc1-c1cccc(F)c1. The number of carbonyl (C=O) groups excluding carboxylic acids is 1. The van der Waals surface area contributed by atoms with Crippen molar-refractivity contribution >= 4 is 17.7 Å². The van der Waals surface area contributed by atoms with Crippen molar-refractivity contribution in [2.75, 3.05) is 18.4 Å². The van der Waals surface area contributed by atoms with E-state index in [4.69, 9.17) is 15.3 Å². The number of rotatable bonds is 6. The molecule has 1 aliphatic heterocycles. The molecule has 0 saturated heterocycles. The Kier molecular flexibility index (Phi) is 5.02. The maximum Gasteiger partial charge on any atom is 0.231 e. The van der Waals surface area contributed by atoms with E-state index in [9.17, 15) is 9.18 Å². The summed E-state index contributed by atoms with van der Waals surface area (Å²) in [5.74, 6) is 7.21. The molecule has 0 atom stereocenters. The summed E-state index contributed by atoms with van der Waals surface area (Å²) in [5.41, 5.74) is 1.41. The molecule has 1 aromatic heterocycles. The fourth-order valence-corrected chi connectivity index (χ4v) is 3.32. The normalized spacial score (nSPS) is 12.2. The highest BCUT2D eigenvalue weighted by Gasteiger charge is 2.15. The standard InChI is InChI=1S/C18H16FN5O3S/c19-13-3-1-2-12(7-13)17-22-23-18(24(17)20)28-9-16(25)21-8-11-4-5-14-15(6-11)27-10-26-14/h1-7H,8-10,20H2,(H,21,25). The smallest absolute Gasteiger partial charge is 0.231 e. The quantitative estimate of drug-likeness (QED) is 0.480. The van der Waals surface area contributed by atoms with Crippen LogP contribution in [0.5, 0.6) is 11.5 Å². The van der Waals surface area contributed by atoms with Crippen LogP contribution in [0.4, 0.5) is 4.39 Å². The van der Waals surface area contributed by atoms with Crippen LogP contribution in [0, 0.1) is 5.82 Å². The second-order valence-corrected chi connectivity index (χ2v) is 6.88. The highest BCUT2D eigenvalue weighted by molar-refractivity contribution is 7.99. The van der Waals surface area contributed by atoms with Crippen LogP contribution in [0.1, 0.15) is 5.56 Å². The molecule has 0 saturated carbocycles. The maximum atomic E-state index is 13.4. The molecular weight excluding hydrogens is 385 g/mol. The van der Waals surface area contributed by atoms with E-state index < -0.39 is 5.82 Å². The molecule has 3 N–H and O–H groups in total. The Hall–Kier alpha value is -3.27. The minimum Gasteiger partial charge on any atom is -0.454 e. The molecule has 3 aromatic rings. The van der Waals surface area contributed by atoms with Crippen LogP contribution in [-0.4, -0.2) is 33.3 Å². The third-order valence-corrected chi connectivity index (χ3v) is 4.95. The minimum atomic E-state index is -0.391. The first-order chi connectivity index (χ1) is 13.6. The Morgan fingerprint density at radius 1 is 1.21 bits per heavy atom. The van der Waals surface area contributed by atoms with E-state index in [2.05, 4.69) is 15.5 Å². The predicted octanol–water partition coefficient (Wildman–Crippen LogP) is 1.94. The molecule has 10 heteroatoms. The van der Waals surface area contributed by atoms with Crippen LogP contribution in [0.15, 0.2) is 47.6 Å². The lowest BCUT2D eigenvalue weighted by Crippen LogP contribution is -2.25. The zero-order chi connectivity index (χ0) is 19.5. The Morgan fingerprint density at radius 2 is 2.07 bits per heavy atom. The summed E-state index contributed by atoms with van der Waals surface area (Å²) in [6, 6.07) is 11.4. The van der Waals surface area contributed by atoms with Gasteiger partial charge in [-0.25, -0.2) is 9.07 Å². The van der Waals surface area contributed by atoms with E-state index in [0.29, 0.717) is 34.6 Å². The summed E-state index contributed by atoms with van der Waals surface area (Å²) < 4.78 is 25.2. The number of nitrogens with one attached hydrogen (secondary N) is 1. The number of hydrogen-bond acceptors (Lipinski definition) is 7. The van der Waals surface area contributed by atoms with Gasteiger partial charge in [0, 0.05) is 12.1 Å². The monoisotopic (exact) mass is 401 g/mol. The largest absolute Gasteiger partial charge is 0.454 e. The zero-order valence-corrected chi connectivity index (χ0v) is 15.4. The summed E-state index contributed by atoms with van der Waals surface area (Å²) in [5, 5.41) is 11.1. The lowest BCUT2D eigenvalue weighted by molar-refractivity contribution is -0.118. The van der Waals surface area contributed by atoms with E-state index >= 15 is 0 Å². The van der Waals surface area contributed by atoms with E-state index in [1.54, 1.807) is 12.1 Å². The highest BCUT2D eigenvalue weighted by atomic mass is 32.2. The van der Waals surface area contributed by atoms with Crippen molar-refractivity contribution in [3.05, 3.63) is 53.8 Å². The van der Waals surface area contributed by atoms with Crippen LogP contribution in [-0.2, 0) is 11.3 Å². The first kappa shape index (κ1) is 18.1. The zero-order valence-electron chi connectivity index (χ0n) is 14.6. The summed E-state index contributed by atoms with van der Waals surface area (Å²) in [6.07, 6.45) is 0. The maximum absolute atomic E-state index is 13.4. The van der Waals surface area contributed by atoms with Gasteiger partial charge in [0.15, 0.2) is 17.3 Å². The lowest BCUT2D eigenvalue weighted by atomic mass is 10.2. The van der Waals surface area contributed by atoms with Crippen molar-refractivity contribution < 1.29 is 18.7 Å². The van der Waals surface area contributed by atoms with Crippen molar-refractivity contribution in [3.8, 4) is 22.9 Å². The number of amides is 1. The van der Waals surface area contributed by atoms with Crippen molar-refractivity contribution in [2.24, 2.45) is 0 Å². The van der Waals surface area contributed by atoms with E-state index in [0.717, 1.165) is 17.3 Å². The second-order valence-electron chi connectivity index (χ2n) is 5.94. The van der Waals surface area contributed by atoms with Crippen LogP contribution in [0.2, 0.25) is 0 Å². The van der Waals surface area contributed by atoms with Crippen molar-refractivity contribution in [3.63, 3.8) is 0 Å². The number of ether oxygens (including phenoxy) is 2. The average molecular weight is 401 g/mol. The number of nitrogens with zero attached hydrogens (tertiary/aromatic N) is 3. The molecule has 0 aliphatic carbocycles. The van der Waals surface area contributed by atoms with Crippen LogP contribution >= 0.6 is 11.8 Å². The Labute approximate surface area is 163 Å². The number of halogens is 1. The molecule has 0 spiro atoms. The third kappa shape index (κ3) is 3.86. The Morgan fingerprint density at radius 3 is 2.93 bits per heavy atom. The molecule has 0 unspecified atom stereocenters.